The monoisotopic (exact) mass is 423 g/mol. The summed E-state index contributed by atoms with van der Waals surface area (Å²) in [6, 6.07) is 6.81. The third-order valence-corrected chi connectivity index (χ3v) is 6.81. The topological polar surface area (TPSA) is 95.5 Å². The second kappa shape index (κ2) is 8.12. The van der Waals surface area contributed by atoms with Crippen LogP contribution in [0.3, 0.4) is 0 Å². The van der Waals surface area contributed by atoms with Crippen molar-refractivity contribution in [3.63, 3.8) is 0 Å². The highest BCUT2D eigenvalue weighted by Crippen LogP contribution is 2.27. The van der Waals surface area contributed by atoms with Crippen LogP contribution in [0.25, 0.3) is 0 Å². The summed E-state index contributed by atoms with van der Waals surface area (Å²) < 4.78 is 27.2. The highest BCUT2D eigenvalue weighted by molar-refractivity contribution is 7.86. The number of carbonyl (C=O) groups is 1. The molecular formula is C18H22ClN5O3S. The van der Waals surface area contributed by atoms with Gasteiger partial charge in [-0.15, -0.1) is 0 Å². The number of halogens is 1. The fourth-order valence-corrected chi connectivity index (χ4v) is 4.31. The van der Waals surface area contributed by atoms with Crippen molar-refractivity contribution in [2.24, 2.45) is 0 Å². The molecule has 1 aliphatic heterocycles. The van der Waals surface area contributed by atoms with E-state index >= 15 is 0 Å². The molecule has 2 aromatic rings. The largest absolute Gasteiger partial charge is 0.322 e. The summed E-state index contributed by atoms with van der Waals surface area (Å²) in [4.78, 5) is 21.3. The molecule has 1 fully saturated rings. The van der Waals surface area contributed by atoms with Gasteiger partial charge in [0.1, 0.15) is 5.82 Å². The van der Waals surface area contributed by atoms with Crippen molar-refractivity contribution in [3.8, 4) is 0 Å². The molecule has 28 heavy (non-hydrogen) atoms. The molecule has 0 saturated carbocycles. The van der Waals surface area contributed by atoms with Gasteiger partial charge in [-0.05, 0) is 37.6 Å². The number of nitrogens with one attached hydrogen (secondary N) is 1. The average Bonchev–Trinajstić information content (AvgIpc) is 3.14. The zero-order chi connectivity index (χ0) is 20.5. The molecule has 0 radical (unpaired) electrons. The zero-order valence-corrected chi connectivity index (χ0v) is 17.5. The summed E-state index contributed by atoms with van der Waals surface area (Å²) in [5.74, 6) is 0.147. The maximum atomic E-state index is 12.5. The van der Waals surface area contributed by atoms with E-state index in [1.54, 1.807) is 31.2 Å². The van der Waals surface area contributed by atoms with Crippen LogP contribution in [0.1, 0.15) is 34.2 Å². The highest BCUT2D eigenvalue weighted by atomic mass is 35.5. The van der Waals surface area contributed by atoms with Gasteiger partial charge in [-0.25, -0.2) is 9.97 Å². The van der Waals surface area contributed by atoms with Gasteiger partial charge in [0.15, 0.2) is 0 Å². The summed E-state index contributed by atoms with van der Waals surface area (Å²) >= 11 is 5.85. The van der Waals surface area contributed by atoms with Gasteiger partial charge in [-0.3, -0.25) is 4.79 Å². The third-order valence-electron chi connectivity index (χ3n) is 4.65. The Kier molecular flexibility index (Phi) is 5.99. The maximum absolute atomic E-state index is 12.5. The van der Waals surface area contributed by atoms with Crippen molar-refractivity contribution in [1.29, 1.82) is 0 Å². The molecule has 1 aromatic heterocycles. The van der Waals surface area contributed by atoms with Gasteiger partial charge in [0.25, 0.3) is 16.1 Å². The lowest BCUT2D eigenvalue weighted by atomic mass is 10.1. The first-order valence-corrected chi connectivity index (χ1v) is 10.5. The summed E-state index contributed by atoms with van der Waals surface area (Å²) in [6.45, 7) is 2.49. The SMILES string of the molecule is Cc1nc([C@@H]2CCN(S(=O)(=O)N(C)C)C2)ncc1C(=O)Nc1ccc(Cl)cc1. The lowest BCUT2D eigenvalue weighted by molar-refractivity contribution is 0.102. The molecule has 1 amide bonds. The van der Waals surface area contributed by atoms with Gasteiger partial charge in [0.05, 0.1) is 11.3 Å². The first-order valence-electron chi connectivity index (χ1n) is 8.76. The molecule has 0 bridgehead atoms. The van der Waals surface area contributed by atoms with Crippen molar-refractivity contribution in [2.75, 3.05) is 32.5 Å². The predicted octanol–water partition coefficient (Wildman–Crippen LogP) is 2.29. The second-order valence-corrected chi connectivity index (χ2v) is 9.40. The summed E-state index contributed by atoms with van der Waals surface area (Å²) in [6.07, 6.45) is 2.13. The predicted molar refractivity (Wildman–Crippen MR) is 108 cm³/mol. The molecule has 2 heterocycles. The number of benzene rings is 1. The van der Waals surface area contributed by atoms with Gasteiger partial charge >= 0.3 is 0 Å². The first-order chi connectivity index (χ1) is 13.2. The van der Waals surface area contributed by atoms with E-state index in [9.17, 15) is 13.2 Å². The smallest absolute Gasteiger partial charge is 0.281 e. The van der Waals surface area contributed by atoms with Crippen molar-refractivity contribution >= 4 is 33.4 Å². The minimum absolute atomic E-state index is 0.0956. The van der Waals surface area contributed by atoms with Crippen LogP contribution in [0.4, 0.5) is 5.69 Å². The minimum Gasteiger partial charge on any atom is -0.322 e. The van der Waals surface area contributed by atoms with Crippen LogP contribution >= 0.6 is 11.6 Å². The lowest BCUT2D eigenvalue weighted by Gasteiger charge is -2.20. The van der Waals surface area contributed by atoms with Crippen LogP contribution in [-0.2, 0) is 10.2 Å². The molecule has 8 nitrogen and oxygen atoms in total. The molecule has 0 unspecified atom stereocenters. The minimum atomic E-state index is -3.45. The summed E-state index contributed by atoms with van der Waals surface area (Å²) in [5, 5.41) is 3.37. The molecule has 3 rings (SSSR count). The van der Waals surface area contributed by atoms with Crippen molar-refractivity contribution in [2.45, 2.75) is 19.3 Å². The number of aryl methyl sites for hydroxylation is 1. The quantitative estimate of drug-likeness (QED) is 0.795. The molecule has 10 heteroatoms. The molecular weight excluding hydrogens is 402 g/mol. The number of rotatable bonds is 5. The van der Waals surface area contributed by atoms with Crippen LogP contribution in [0.2, 0.25) is 5.02 Å². The molecule has 1 saturated heterocycles. The van der Waals surface area contributed by atoms with Crippen LogP contribution in [-0.4, -0.2) is 60.1 Å². The molecule has 150 valence electrons. The Morgan fingerprint density at radius 2 is 1.96 bits per heavy atom. The maximum Gasteiger partial charge on any atom is 0.281 e. The van der Waals surface area contributed by atoms with Crippen molar-refractivity contribution in [3.05, 3.63) is 52.6 Å². The molecule has 1 N–H and O–H groups in total. The van der Waals surface area contributed by atoms with E-state index in [1.807, 2.05) is 0 Å². The Hall–Kier alpha value is -2.07. The van der Waals surface area contributed by atoms with Crippen LogP contribution in [0.5, 0.6) is 0 Å². The second-order valence-electron chi connectivity index (χ2n) is 6.82. The number of anilines is 1. The molecule has 0 spiro atoms. The van der Waals surface area contributed by atoms with E-state index in [0.29, 0.717) is 47.3 Å². The fraction of sp³-hybridized carbons (Fsp3) is 0.389. The zero-order valence-electron chi connectivity index (χ0n) is 15.9. The number of hydrogen-bond donors (Lipinski definition) is 1. The highest BCUT2D eigenvalue weighted by Gasteiger charge is 2.34. The number of carbonyl (C=O) groups excluding carboxylic acids is 1. The van der Waals surface area contributed by atoms with Gasteiger partial charge < -0.3 is 5.32 Å². The van der Waals surface area contributed by atoms with Crippen LogP contribution < -0.4 is 5.32 Å². The van der Waals surface area contributed by atoms with E-state index in [4.69, 9.17) is 11.6 Å². The summed E-state index contributed by atoms with van der Waals surface area (Å²) in [7, 11) is -0.427. The number of amides is 1. The molecule has 1 aliphatic rings. The average molecular weight is 424 g/mol. The number of aromatic nitrogens is 2. The van der Waals surface area contributed by atoms with E-state index in [0.717, 1.165) is 0 Å². The lowest BCUT2D eigenvalue weighted by Crippen LogP contribution is -2.38. The normalized spacial score (nSPS) is 17.8. The number of nitrogens with zero attached hydrogens (tertiary/aromatic N) is 4. The van der Waals surface area contributed by atoms with Gasteiger partial charge in [0.2, 0.25) is 0 Å². The van der Waals surface area contributed by atoms with E-state index in [1.165, 1.54) is 28.9 Å². The fourth-order valence-electron chi connectivity index (χ4n) is 3.02. The standard InChI is InChI=1S/C18H22ClN5O3S/c1-12-16(18(25)22-15-6-4-14(19)5-7-15)10-20-17(21-12)13-8-9-24(11-13)28(26,27)23(2)3/h4-7,10,13H,8-9,11H2,1-3H3,(H,22,25)/t13-/m1/s1. The van der Waals surface area contributed by atoms with Gasteiger partial charge in [-0.2, -0.15) is 17.0 Å². The molecule has 1 atom stereocenters. The number of hydrogen-bond acceptors (Lipinski definition) is 5. The van der Waals surface area contributed by atoms with Crippen LogP contribution in [0.15, 0.2) is 30.5 Å². The van der Waals surface area contributed by atoms with Crippen molar-refractivity contribution in [1.82, 2.24) is 18.6 Å². The Labute approximate surface area is 169 Å². The van der Waals surface area contributed by atoms with E-state index in [-0.39, 0.29) is 11.8 Å². The van der Waals surface area contributed by atoms with E-state index < -0.39 is 10.2 Å². The Morgan fingerprint density at radius 1 is 1.29 bits per heavy atom. The Bertz CT molecular complexity index is 979. The Morgan fingerprint density at radius 3 is 2.57 bits per heavy atom. The first kappa shape index (κ1) is 20.7. The van der Waals surface area contributed by atoms with Gasteiger partial charge in [0, 0.05) is 50.0 Å². The van der Waals surface area contributed by atoms with E-state index in [2.05, 4.69) is 15.3 Å². The molecule has 0 aliphatic carbocycles. The van der Waals surface area contributed by atoms with Crippen molar-refractivity contribution < 1.29 is 13.2 Å². The molecule has 1 aromatic carbocycles. The van der Waals surface area contributed by atoms with Gasteiger partial charge in [-0.1, -0.05) is 11.6 Å². The summed E-state index contributed by atoms with van der Waals surface area (Å²) in [5.41, 5.74) is 1.54. The third kappa shape index (κ3) is 4.33. The Balaban J connectivity index is 1.72. The van der Waals surface area contributed by atoms with Crippen LogP contribution in [0, 0.1) is 6.92 Å².